The Labute approximate surface area is 82.2 Å². The minimum Gasteiger partial charge on any atom is -0.506 e. The van der Waals surface area contributed by atoms with Crippen molar-refractivity contribution in [2.45, 2.75) is 19.8 Å². The van der Waals surface area contributed by atoms with E-state index in [1.54, 1.807) is 6.07 Å². The van der Waals surface area contributed by atoms with E-state index in [1.165, 1.54) is 0 Å². The Bertz CT molecular complexity index is 321. The van der Waals surface area contributed by atoms with Crippen LogP contribution in [0.1, 0.15) is 17.5 Å². The van der Waals surface area contributed by atoms with Crippen LogP contribution in [0.4, 0.5) is 0 Å². The van der Waals surface area contributed by atoms with Crippen molar-refractivity contribution in [2.24, 2.45) is 0 Å². The lowest BCUT2D eigenvalue weighted by Crippen LogP contribution is -1.89. The molecule has 0 unspecified atom stereocenters. The van der Waals surface area contributed by atoms with Crippen LogP contribution in [0.3, 0.4) is 0 Å². The molecule has 0 radical (unpaired) electrons. The summed E-state index contributed by atoms with van der Waals surface area (Å²) >= 11 is 5.84. The minimum atomic E-state index is 0.0857. The van der Waals surface area contributed by atoms with Crippen molar-refractivity contribution in [2.75, 3.05) is 0 Å². The lowest BCUT2D eigenvalue weighted by Gasteiger charge is -2.05. The van der Waals surface area contributed by atoms with Crippen molar-refractivity contribution in [1.29, 1.82) is 0 Å². The molecule has 0 spiro atoms. The van der Waals surface area contributed by atoms with Gasteiger partial charge in [-0.15, -0.1) is 0 Å². The molecule has 13 heavy (non-hydrogen) atoms. The minimum absolute atomic E-state index is 0.0857. The number of aromatic hydroxyl groups is 1. The third-order valence-corrected chi connectivity index (χ3v) is 2.24. The van der Waals surface area contributed by atoms with E-state index in [2.05, 4.69) is 0 Å². The van der Waals surface area contributed by atoms with E-state index in [0.717, 1.165) is 17.4 Å². The monoisotopic (exact) mass is 198 g/mol. The van der Waals surface area contributed by atoms with E-state index < -0.39 is 0 Å². The van der Waals surface area contributed by atoms with Gasteiger partial charge in [-0.2, -0.15) is 0 Å². The van der Waals surface area contributed by atoms with Crippen LogP contribution in [-0.2, 0) is 11.2 Å². The summed E-state index contributed by atoms with van der Waals surface area (Å²) in [6.07, 6.45) is 1.86. The molecule has 1 rings (SSSR count). The predicted molar refractivity (Wildman–Crippen MR) is 52.2 cm³/mol. The summed E-state index contributed by atoms with van der Waals surface area (Å²) < 4.78 is 0. The first-order valence-corrected chi connectivity index (χ1v) is 4.44. The van der Waals surface area contributed by atoms with Crippen LogP contribution in [0, 0.1) is 6.92 Å². The number of carbonyl (C=O) groups excluding carboxylic acids is 1. The van der Waals surface area contributed by atoms with E-state index >= 15 is 0 Å². The molecule has 2 nitrogen and oxygen atoms in total. The normalized spacial score (nSPS) is 10.0. The van der Waals surface area contributed by atoms with Crippen LogP contribution >= 0.6 is 11.6 Å². The molecule has 0 aromatic heterocycles. The molecule has 0 aliphatic carbocycles. The molecule has 1 N–H and O–H groups in total. The van der Waals surface area contributed by atoms with Gasteiger partial charge in [0.05, 0.1) is 5.02 Å². The Balaban J connectivity index is 2.98. The molecule has 70 valence electrons. The zero-order chi connectivity index (χ0) is 9.84. The fraction of sp³-hybridized carbons (Fsp3) is 0.300. The number of phenols is 1. The maximum atomic E-state index is 10.2. The van der Waals surface area contributed by atoms with Gasteiger partial charge in [-0.25, -0.2) is 0 Å². The summed E-state index contributed by atoms with van der Waals surface area (Å²) in [4.78, 5) is 10.2. The van der Waals surface area contributed by atoms with Gasteiger partial charge >= 0.3 is 0 Å². The van der Waals surface area contributed by atoms with Gasteiger partial charge in [0.15, 0.2) is 0 Å². The predicted octanol–water partition coefficient (Wildman–Crippen LogP) is 2.49. The number of hydrogen-bond acceptors (Lipinski definition) is 2. The smallest absolute Gasteiger partial charge is 0.134 e. The SMILES string of the molecule is Cc1cc(O)c(Cl)c(CCC=O)c1. The summed E-state index contributed by atoms with van der Waals surface area (Å²) in [7, 11) is 0. The van der Waals surface area contributed by atoms with E-state index in [9.17, 15) is 9.90 Å². The number of halogens is 1. The summed E-state index contributed by atoms with van der Waals surface area (Å²) in [5.74, 6) is 0.0857. The Kier molecular flexibility index (Phi) is 3.32. The second kappa shape index (κ2) is 4.28. The molecule has 3 heteroatoms. The molecule has 0 aliphatic heterocycles. The average Bonchev–Trinajstić information content (AvgIpc) is 2.09. The Morgan fingerprint density at radius 3 is 2.85 bits per heavy atom. The molecule has 1 aromatic carbocycles. The highest BCUT2D eigenvalue weighted by atomic mass is 35.5. The third kappa shape index (κ3) is 2.46. The van der Waals surface area contributed by atoms with E-state index in [-0.39, 0.29) is 5.75 Å². The van der Waals surface area contributed by atoms with Crippen LogP contribution in [-0.4, -0.2) is 11.4 Å². The number of hydrogen-bond donors (Lipinski definition) is 1. The second-order valence-corrected chi connectivity index (χ2v) is 3.34. The quantitative estimate of drug-likeness (QED) is 0.758. The maximum Gasteiger partial charge on any atom is 0.134 e. The van der Waals surface area contributed by atoms with Crippen LogP contribution in [0.2, 0.25) is 5.02 Å². The van der Waals surface area contributed by atoms with Gasteiger partial charge in [0, 0.05) is 6.42 Å². The van der Waals surface area contributed by atoms with Gasteiger partial charge < -0.3 is 9.90 Å². The van der Waals surface area contributed by atoms with Gasteiger partial charge in [-0.05, 0) is 30.5 Å². The molecule has 0 amide bonds. The van der Waals surface area contributed by atoms with Crippen molar-refractivity contribution < 1.29 is 9.90 Å². The number of rotatable bonds is 3. The number of aldehydes is 1. The zero-order valence-electron chi connectivity index (χ0n) is 7.38. The van der Waals surface area contributed by atoms with Gasteiger partial charge in [0.2, 0.25) is 0 Å². The largest absolute Gasteiger partial charge is 0.506 e. The topological polar surface area (TPSA) is 37.3 Å². The molecule has 0 saturated carbocycles. The van der Waals surface area contributed by atoms with Crippen LogP contribution in [0.25, 0.3) is 0 Å². The van der Waals surface area contributed by atoms with Crippen molar-refractivity contribution >= 4 is 17.9 Å². The molecule has 0 aliphatic rings. The summed E-state index contributed by atoms with van der Waals surface area (Å²) in [6, 6.07) is 3.48. The highest BCUT2D eigenvalue weighted by Crippen LogP contribution is 2.29. The first-order valence-electron chi connectivity index (χ1n) is 4.06. The Morgan fingerprint density at radius 1 is 1.54 bits per heavy atom. The number of phenolic OH excluding ortho intramolecular Hbond substituents is 1. The molecular weight excluding hydrogens is 188 g/mol. The second-order valence-electron chi connectivity index (χ2n) is 2.96. The molecule has 0 atom stereocenters. The summed E-state index contributed by atoms with van der Waals surface area (Å²) in [5.41, 5.74) is 1.77. The van der Waals surface area contributed by atoms with Crippen molar-refractivity contribution in [1.82, 2.24) is 0 Å². The molecule has 0 heterocycles. The van der Waals surface area contributed by atoms with Crippen molar-refractivity contribution in [3.05, 3.63) is 28.3 Å². The molecule has 0 bridgehead atoms. The maximum absolute atomic E-state index is 10.2. The number of aryl methyl sites for hydroxylation is 2. The fourth-order valence-electron chi connectivity index (χ4n) is 1.22. The number of benzene rings is 1. The van der Waals surface area contributed by atoms with Crippen LogP contribution in [0.15, 0.2) is 12.1 Å². The number of carbonyl (C=O) groups is 1. The first-order chi connectivity index (χ1) is 6.15. The third-order valence-electron chi connectivity index (χ3n) is 1.80. The van der Waals surface area contributed by atoms with Crippen molar-refractivity contribution in [3.8, 4) is 5.75 Å². The molecule has 1 aromatic rings. The van der Waals surface area contributed by atoms with Gasteiger partial charge in [-0.3, -0.25) is 0 Å². The van der Waals surface area contributed by atoms with Gasteiger partial charge in [-0.1, -0.05) is 17.7 Å². The lowest BCUT2D eigenvalue weighted by molar-refractivity contribution is -0.107. The standard InChI is InChI=1S/C10H11ClO2/c1-7-5-8(3-2-4-12)10(11)9(13)6-7/h4-6,13H,2-3H2,1H3. The van der Waals surface area contributed by atoms with E-state index in [1.807, 2.05) is 13.0 Å². The Hall–Kier alpha value is -1.02. The highest BCUT2D eigenvalue weighted by molar-refractivity contribution is 6.32. The molecule has 0 saturated heterocycles. The van der Waals surface area contributed by atoms with Crippen LogP contribution in [0.5, 0.6) is 5.75 Å². The summed E-state index contributed by atoms with van der Waals surface area (Å²) in [6.45, 7) is 1.88. The van der Waals surface area contributed by atoms with Gasteiger partial charge in [0.25, 0.3) is 0 Å². The van der Waals surface area contributed by atoms with Crippen molar-refractivity contribution in [3.63, 3.8) is 0 Å². The average molecular weight is 199 g/mol. The highest BCUT2D eigenvalue weighted by Gasteiger charge is 2.05. The van der Waals surface area contributed by atoms with E-state index in [0.29, 0.717) is 17.9 Å². The molecular formula is C10H11ClO2. The van der Waals surface area contributed by atoms with Gasteiger partial charge in [0.1, 0.15) is 12.0 Å². The van der Waals surface area contributed by atoms with Crippen LogP contribution < -0.4 is 0 Å². The lowest BCUT2D eigenvalue weighted by atomic mass is 10.1. The Morgan fingerprint density at radius 2 is 2.23 bits per heavy atom. The fourth-order valence-corrected chi connectivity index (χ4v) is 1.42. The molecule has 0 fully saturated rings. The first kappa shape index (κ1) is 10.1. The summed E-state index contributed by atoms with van der Waals surface area (Å²) in [5, 5.41) is 9.71. The van der Waals surface area contributed by atoms with E-state index in [4.69, 9.17) is 11.6 Å². The zero-order valence-corrected chi connectivity index (χ0v) is 8.14.